The van der Waals surface area contributed by atoms with E-state index >= 15 is 0 Å². The maximum Gasteiger partial charge on any atom is 0.124 e. The van der Waals surface area contributed by atoms with Crippen LogP contribution in [0.5, 0.6) is 0 Å². The number of nitrogens with one attached hydrogen (secondary N) is 4. The Balaban J connectivity index is 0.944. The van der Waals surface area contributed by atoms with Gasteiger partial charge in [-0.05, 0) is 91.0 Å². The third kappa shape index (κ3) is 3.54. The lowest BCUT2D eigenvalue weighted by atomic mass is 10.0. The fourth-order valence-electron chi connectivity index (χ4n) is 6.24. The minimum atomic E-state index is 0.111. The zero-order valence-electron chi connectivity index (χ0n) is 20.2. The topological polar surface area (TPSA) is 90.8 Å². The largest absolute Gasteiger partial charge is 0.397 e. The van der Waals surface area contributed by atoms with Crippen molar-refractivity contribution in [3.05, 3.63) is 83.2 Å². The first-order chi connectivity index (χ1) is 17.6. The minimum absolute atomic E-state index is 0.111. The Morgan fingerprint density at radius 2 is 1.92 bits per heavy atom. The zero-order chi connectivity index (χ0) is 23.9. The Morgan fingerprint density at radius 3 is 2.75 bits per heavy atom. The summed E-state index contributed by atoms with van der Waals surface area (Å²) in [5, 5.41) is 13.2. The fraction of sp³-hybridized carbons (Fsp3) is 0.367. The number of fused-ring (bicyclic) bond motifs is 2. The van der Waals surface area contributed by atoms with Gasteiger partial charge in [-0.15, -0.1) is 0 Å². The van der Waals surface area contributed by atoms with Crippen LogP contribution in [-0.4, -0.2) is 27.1 Å². The monoisotopic (exact) mass is 474 g/mol. The molecule has 6 N–H and O–H groups in total. The molecule has 4 atom stereocenters. The normalized spacial score (nSPS) is 30.7. The lowest BCUT2D eigenvalue weighted by molar-refractivity contribution is 0.531. The quantitative estimate of drug-likeness (QED) is 0.371. The van der Waals surface area contributed by atoms with E-state index in [1.807, 2.05) is 12.4 Å². The SMILES string of the molecule is N/C(=C\NC1=CC12CCC1(CC1)N2)c1ccc2cc(C#Cc3cnc([C@@H]4C[C@H]5C[C@H]5N4)[nH]3)ccc2c1. The van der Waals surface area contributed by atoms with Gasteiger partial charge in [0.05, 0.1) is 23.5 Å². The number of aromatic nitrogens is 2. The van der Waals surface area contributed by atoms with Crippen molar-refractivity contribution in [2.75, 3.05) is 0 Å². The van der Waals surface area contributed by atoms with Gasteiger partial charge in [0.15, 0.2) is 0 Å². The van der Waals surface area contributed by atoms with Crippen molar-refractivity contribution in [3.63, 3.8) is 0 Å². The van der Waals surface area contributed by atoms with E-state index in [9.17, 15) is 0 Å². The number of imidazole rings is 1. The Labute approximate surface area is 210 Å². The molecule has 5 aliphatic rings. The first-order valence-electron chi connectivity index (χ1n) is 13.2. The van der Waals surface area contributed by atoms with Gasteiger partial charge in [0.25, 0.3) is 0 Å². The number of piperidine rings is 1. The predicted octanol–water partition coefficient (Wildman–Crippen LogP) is 3.78. The standard InChI is InChI=1S/C30H30N6/c31-24(17-32-27-15-30(27)10-9-29(36-30)7-8-29)21-5-4-19-11-18(1-3-20(19)12-21)2-6-23-16-33-28(34-23)26-14-22-13-25(22)35-26/h1,3-5,11-12,15-17,22,25-26,32,35-36H,7-10,13-14,31H2,(H,33,34)/b24-17-/t22-,25-,26+,30?/m1/s1. The molecule has 2 aromatic carbocycles. The molecule has 2 aliphatic heterocycles. The molecule has 180 valence electrons. The van der Waals surface area contributed by atoms with Gasteiger partial charge in [-0.1, -0.05) is 24.1 Å². The lowest BCUT2D eigenvalue weighted by Crippen LogP contribution is -2.36. The second-order valence-corrected chi connectivity index (χ2v) is 11.4. The van der Waals surface area contributed by atoms with Crippen molar-refractivity contribution < 1.29 is 0 Å². The smallest absolute Gasteiger partial charge is 0.124 e. The third-order valence-electron chi connectivity index (χ3n) is 8.83. The first-order valence-corrected chi connectivity index (χ1v) is 13.2. The minimum Gasteiger partial charge on any atom is -0.397 e. The highest BCUT2D eigenvalue weighted by atomic mass is 15.2. The zero-order valence-corrected chi connectivity index (χ0v) is 20.2. The molecule has 8 rings (SSSR count). The highest BCUT2D eigenvalue weighted by Crippen LogP contribution is 2.54. The van der Waals surface area contributed by atoms with Crippen LogP contribution < -0.4 is 21.7 Å². The summed E-state index contributed by atoms with van der Waals surface area (Å²) in [6.07, 6.45) is 13.7. The molecule has 0 bridgehead atoms. The van der Waals surface area contributed by atoms with Gasteiger partial charge in [0, 0.05) is 29.0 Å². The van der Waals surface area contributed by atoms with Crippen LogP contribution in [0.1, 0.15) is 67.2 Å². The van der Waals surface area contributed by atoms with Gasteiger partial charge in [-0.3, -0.25) is 5.32 Å². The van der Waals surface area contributed by atoms with E-state index in [4.69, 9.17) is 5.73 Å². The number of nitrogens with zero attached hydrogens (tertiary/aromatic N) is 1. The fourth-order valence-corrected chi connectivity index (χ4v) is 6.24. The molecule has 1 aromatic heterocycles. The Bertz CT molecular complexity index is 1520. The first kappa shape index (κ1) is 20.6. The van der Waals surface area contributed by atoms with Crippen LogP contribution in [0.4, 0.5) is 0 Å². The number of rotatable bonds is 4. The number of benzene rings is 2. The van der Waals surface area contributed by atoms with E-state index < -0.39 is 0 Å². The summed E-state index contributed by atoms with van der Waals surface area (Å²) in [6.45, 7) is 0. The Morgan fingerprint density at radius 1 is 1.06 bits per heavy atom. The van der Waals surface area contributed by atoms with Crippen molar-refractivity contribution in [1.82, 2.24) is 25.9 Å². The van der Waals surface area contributed by atoms with Gasteiger partial charge < -0.3 is 21.4 Å². The van der Waals surface area contributed by atoms with Crippen LogP contribution in [-0.2, 0) is 0 Å². The van der Waals surface area contributed by atoms with Crippen LogP contribution >= 0.6 is 0 Å². The summed E-state index contributed by atoms with van der Waals surface area (Å²) in [5.74, 6) is 8.39. The van der Waals surface area contributed by atoms with E-state index in [1.54, 1.807) is 0 Å². The molecule has 3 heterocycles. The summed E-state index contributed by atoms with van der Waals surface area (Å²) in [5.41, 5.74) is 11.8. The van der Waals surface area contributed by atoms with Gasteiger partial charge in [0.2, 0.25) is 0 Å². The molecular weight excluding hydrogens is 444 g/mol. The molecule has 4 fully saturated rings. The van der Waals surface area contributed by atoms with Crippen LogP contribution in [0.25, 0.3) is 16.5 Å². The number of H-pyrrole nitrogens is 1. The Hall–Kier alpha value is -3.53. The molecule has 3 aromatic rings. The van der Waals surface area contributed by atoms with E-state index in [0.29, 0.717) is 17.6 Å². The number of aromatic amines is 1. The number of nitrogens with two attached hydrogens (primary N) is 1. The maximum atomic E-state index is 6.43. The molecular formula is C30H30N6. The number of hydrogen-bond donors (Lipinski definition) is 5. The summed E-state index contributed by atoms with van der Waals surface area (Å²) in [7, 11) is 0. The average Bonchev–Trinajstić information content (AvgIpc) is 3.81. The molecule has 1 unspecified atom stereocenters. The van der Waals surface area contributed by atoms with Crippen molar-refractivity contribution in [2.24, 2.45) is 11.7 Å². The average molecular weight is 475 g/mol. The number of hydrogen-bond acceptors (Lipinski definition) is 5. The van der Waals surface area contributed by atoms with Crippen molar-refractivity contribution in [1.29, 1.82) is 0 Å². The highest BCUT2D eigenvalue weighted by molar-refractivity contribution is 5.87. The van der Waals surface area contributed by atoms with E-state index in [2.05, 4.69) is 80.2 Å². The maximum absolute atomic E-state index is 6.43. The molecule has 0 amide bonds. The van der Waals surface area contributed by atoms with Crippen LogP contribution in [0, 0.1) is 17.8 Å². The second-order valence-electron chi connectivity index (χ2n) is 11.4. The van der Waals surface area contributed by atoms with Crippen molar-refractivity contribution in [2.45, 2.75) is 61.7 Å². The van der Waals surface area contributed by atoms with Crippen molar-refractivity contribution >= 4 is 16.5 Å². The van der Waals surface area contributed by atoms with E-state index in [-0.39, 0.29) is 5.54 Å². The predicted molar refractivity (Wildman–Crippen MR) is 141 cm³/mol. The molecule has 3 aliphatic carbocycles. The van der Waals surface area contributed by atoms with Gasteiger partial charge in [0.1, 0.15) is 11.5 Å². The highest BCUT2D eigenvalue weighted by Gasteiger charge is 2.59. The van der Waals surface area contributed by atoms with E-state index in [1.165, 1.54) is 44.2 Å². The van der Waals surface area contributed by atoms with Gasteiger partial charge >= 0.3 is 0 Å². The molecule has 6 heteroatoms. The Kier molecular flexibility index (Phi) is 4.16. The summed E-state index contributed by atoms with van der Waals surface area (Å²) in [6, 6.07) is 13.7. The van der Waals surface area contributed by atoms with Crippen molar-refractivity contribution in [3.8, 4) is 11.8 Å². The summed E-state index contributed by atoms with van der Waals surface area (Å²) >= 11 is 0. The van der Waals surface area contributed by atoms with Crippen LogP contribution in [0.3, 0.4) is 0 Å². The van der Waals surface area contributed by atoms with Gasteiger partial charge in [-0.2, -0.15) is 0 Å². The molecule has 2 saturated carbocycles. The van der Waals surface area contributed by atoms with Crippen LogP contribution in [0.15, 0.2) is 60.6 Å². The third-order valence-corrected chi connectivity index (χ3v) is 8.83. The lowest BCUT2D eigenvalue weighted by Gasteiger charge is -2.14. The molecule has 6 nitrogen and oxygen atoms in total. The summed E-state index contributed by atoms with van der Waals surface area (Å²) in [4.78, 5) is 7.94. The molecule has 36 heavy (non-hydrogen) atoms. The molecule has 0 radical (unpaired) electrons. The van der Waals surface area contributed by atoms with E-state index in [0.717, 1.165) is 45.0 Å². The second kappa shape index (κ2) is 7.25. The molecule has 2 saturated heterocycles. The van der Waals surface area contributed by atoms with Crippen LogP contribution in [0.2, 0.25) is 0 Å². The van der Waals surface area contributed by atoms with Gasteiger partial charge in [-0.25, -0.2) is 4.98 Å². The summed E-state index contributed by atoms with van der Waals surface area (Å²) < 4.78 is 0. The molecule has 2 spiro atoms.